The van der Waals surface area contributed by atoms with Crippen molar-refractivity contribution in [3.05, 3.63) is 51.1 Å². The number of thiophene rings is 1. The third-order valence-corrected chi connectivity index (χ3v) is 5.94. The number of esters is 1. The summed E-state index contributed by atoms with van der Waals surface area (Å²) in [5, 5.41) is 3.77. The number of rotatable bonds is 6. The van der Waals surface area contributed by atoms with Crippen molar-refractivity contribution < 1.29 is 14.3 Å². The van der Waals surface area contributed by atoms with E-state index in [9.17, 15) is 14.4 Å². The second kappa shape index (κ2) is 8.57. The van der Waals surface area contributed by atoms with Gasteiger partial charge in [-0.2, -0.15) is 0 Å². The van der Waals surface area contributed by atoms with Crippen molar-refractivity contribution in [3.8, 4) is 0 Å². The summed E-state index contributed by atoms with van der Waals surface area (Å²) in [5.41, 5.74) is 0.691. The fourth-order valence-electron chi connectivity index (χ4n) is 2.67. The van der Waals surface area contributed by atoms with E-state index < -0.39 is 5.97 Å². The molecule has 0 bridgehead atoms. The molecule has 0 spiro atoms. The molecule has 0 saturated carbocycles. The highest BCUT2D eigenvalue weighted by atomic mass is 32.2. The zero-order chi connectivity index (χ0) is 20.3. The molecule has 0 radical (unpaired) electrons. The minimum Gasteiger partial charge on any atom is -0.465 e. The quantitative estimate of drug-likeness (QED) is 0.376. The van der Waals surface area contributed by atoms with E-state index in [4.69, 9.17) is 0 Å². The van der Waals surface area contributed by atoms with Crippen LogP contribution < -0.4 is 10.9 Å². The monoisotopic (exact) mass is 417 g/mol. The summed E-state index contributed by atoms with van der Waals surface area (Å²) in [4.78, 5) is 43.1. The van der Waals surface area contributed by atoms with Crippen LogP contribution in [0.1, 0.15) is 22.2 Å². The Labute approximate surface area is 169 Å². The number of aromatic nitrogens is 2. The number of methoxy groups -OCH3 is 1. The second-order valence-corrected chi connectivity index (χ2v) is 7.78. The molecule has 0 aliphatic rings. The molecule has 2 aromatic heterocycles. The van der Waals surface area contributed by atoms with Gasteiger partial charge in [-0.15, -0.1) is 11.3 Å². The molecule has 3 rings (SSSR count). The van der Waals surface area contributed by atoms with Gasteiger partial charge in [-0.25, -0.2) is 9.78 Å². The minimum atomic E-state index is -0.448. The Balaban J connectivity index is 1.83. The first-order valence-electron chi connectivity index (χ1n) is 8.52. The highest BCUT2D eigenvalue weighted by molar-refractivity contribution is 7.98. The molecule has 7 nitrogen and oxygen atoms in total. The first-order chi connectivity index (χ1) is 13.5. The number of benzene rings is 1. The van der Waals surface area contributed by atoms with Gasteiger partial charge in [0.1, 0.15) is 11.4 Å². The molecule has 1 aromatic carbocycles. The number of nitrogens with zero attached hydrogens (tertiary/aromatic N) is 2. The summed E-state index contributed by atoms with van der Waals surface area (Å²) in [6.07, 6.45) is 2.65. The van der Waals surface area contributed by atoms with E-state index in [2.05, 4.69) is 15.0 Å². The van der Waals surface area contributed by atoms with Crippen molar-refractivity contribution >= 4 is 50.9 Å². The molecule has 1 amide bonds. The topological polar surface area (TPSA) is 90.3 Å². The Kier molecular flexibility index (Phi) is 6.15. The number of carbonyl (C=O) groups is 2. The fraction of sp³-hybridized carbons (Fsp3) is 0.263. The van der Waals surface area contributed by atoms with Crippen LogP contribution in [0.4, 0.5) is 5.69 Å². The Bertz CT molecular complexity index is 1090. The zero-order valence-corrected chi connectivity index (χ0v) is 17.3. The van der Waals surface area contributed by atoms with Gasteiger partial charge in [-0.3, -0.25) is 14.2 Å². The molecule has 0 aliphatic carbocycles. The Morgan fingerprint density at radius 1 is 1.29 bits per heavy atom. The molecular weight excluding hydrogens is 398 g/mol. The van der Waals surface area contributed by atoms with Crippen LogP contribution in [0.5, 0.6) is 0 Å². The van der Waals surface area contributed by atoms with Crippen molar-refractivity contribution in [1.29, 1.82) is 0 Å². The Hall–Kier alpha value is -2.65. The van der Waals surface area contributed by atoms with Crippen LogP contribution >= 0.6 is 23.1 Å². The van der Waals surface area contributed by atoms with Crippen molar-refractivity contribution in [1.82, 2.24) is 9.55 Å². The summed E-state index contributed by atoms with van der Waals surface area (Å²) in [6.45, 7) is 1.88. The lowest BCUT2D eigenvalue weighted by molar-refractivity contribution is -0.116. The first-order valence-corrected chi connectivity index (χ1v) is 10.6. The molecule has 146 valence electrons. The molecule has 0 saturated heterocycles. The van der Waals surface area contributed by atoms with Gasteiger partial charge in [0.15, 0.2) is 5.16 Å². The molecule has 1 N–H and O–H groups in total. The van der Waals surface area contributed by atoms with Gasteiger partial charge in [-0.1, -0.05) is 18.7 Å². The highest BCUT2D eigenvalue weighted by Crippen LogP contribution is 2.24. The third-order valence-electron chi connectivity index (χ3n) is 4.09. The predicted molar refractivity (Wildman–Crippen MR) is 111 cm³/mol. The summed E-state index contributed by atoms with van der Waals surface area (Å²) in [5.74, 6) is -0.800. The number of hydrogen-bond acceptors (Lipinski definition) is 7. The molecule has 0 unspecified atom stereocenters. The number of carbonyl (C=O) groups excluding carboxylic acids is 2. The minimum absolute atomic E-state index is 0.145. The average molecular weight is 418 g/mol. The average Bonchev–Trinajstić information content (AvgIpc) is 3.13. The Morgan fingerprint density at radius 2 is 2.00 bits per heavy atom. The lowest BCUT2D eigenvalue weighted by Gasteiger charge is -2.11. The zero-order valence-electron chi connectivity index (χ0n) is 15.6. The molecule has 9 heteroatoms. The molecule has 0 fully saturated rings. The summed E-state index contributed by atoms with van der Waals surface area (Å²) in [6, 6.07) is 8.18. The van der Waals surface area contributed by atoms with Crippen molar-refractivity contribution in [2.45, 2.75) is 25.0 Å². The highest BCUT2D eigenvalue weighted by Gasteiger charge is 2.16. The van der Waals surface area contributed by atoms with Crippen LogP contribution in [-0.2, 0) is 22.5 Å². The standard InChI is InChI=1S/C19H19N3O4S2/c1-4-13-9-14-16(28-13)21-19(27-3)22(17(14)24)10-15(23)20-12-7-5-11(6-8-12)18(25)26-2/h5-9H,4,10H2,1-3H3,(H,20,23). The number of ether oxygens (including phenoxy) is 1. The van der Waals surface area contributed by atoms with Gasteiger partial charge in [-0.05, 0) is 43.0 Å². The van der Waals surface area contributed by atoms with E-state index in [0.717, 1.165) is 11.3 Å². The van der Waals surface area contributed by atoms with Crippen molar-refractivity contribution in [2.24, 2.45) is 0 Å². The number of hydrogen-bond donors (Lipinski definition) is 1. The summed E-state index contributed by atoms with van der Waals surface area (Å²) < 4.78 is 6.03. The van der Waals surface area contributed by atoms with Crippen LogP contribution in [0, 0.1) is 0 Å². The van der Waals surface area contributed by atoms with Gasteiger partial charge in [0.05, 0.1) is 18.1 Å². The number of amides is 1. The molecule has 0 aliphatic heterocycles. The van der Waals surface area contributed by atoms with E-state index in [1.807, 2.05) is 19.2 Å². The predicted octanol–water partition coefficient (Wildman–Crippen LogP) is 3.17. The van der Waals surface area contributed by atoms with Crippen LogP contribution in [0.3, 0.4) is 0 Å². The van der Waals surface area contributed by atoms with E-state index >= 15 is 0 Å². The normalized spacial score (nSPS) is 10.8. The van der Waals surface area contributed by atoms with Gasteiger partial charge >= 0.3 is 5.97 Å². The van der Waals surface area contributed by atoms with E-state index in [1.165, 1.54) is 34.8 Å². The van der Waals surface area contributed by atoms with E-state index in [-0.39, 0.29) is 18.0 Å². The maximum atomic E-state index is 12.9. The van der Waals surface area contributed by atoms with Gasteiger partial charge in [0.2, 0.25) is 5.91 Å². The van der Waals surface area contributed by atoms with Crippen LogP contribution in [0.15, 0.2) is 40.3 Å². The van der Waals surface area contributed by atoms with Crippen LogP contribution in [0.25, 0.3) is 10.2 Å². The number of thioether (sulfide) groups is 1. The van der Waals surface area contributed by atoms with Crippen LogP contribution in [0.2, 0.25) is 0 Å². The fourth-order valence-corrected chi connectivity index (χ4v) is 4.23. The maximum absolute atomic E-state index is 12.9. The Morgan fingerprint density at radius 3 is 2.61 bits per heavy atom. The van der Waals surface area contributed by atoms with E-state index in [0.29, 0.717) is 26.6 Å². The largest absolute Gasteiger partial charge is 0.465 e. The molecule has 2 heterocycles. The number of nitrogens with one attached hydrogen (secondary N) is 1. The number of anilines is 1. The van der Waals surface area contributed by atoms with Crippen molar-refractivity contribution in [2.75, 3.05) is 18.7 Å². The number of aryl methyl sites for hydroxylation is 1. The summed E-state index contributed by atoms with van der Waals surface area (Å²) in [7, 11) is 1.31. The SMILES string of the molecule is CCc1cc2c(=O)n(CC(=O)Nc3ccc(C(=O)OC)cc3)c(SC)nc2s1. The second-order valence-electron chi connectivity index (χ2n) is 5.89. The van der Waals surface area contributed by atoms with E-state index in [1.54, 1.807) is 24.3 Å². The summed E-state index contributed by atoms with van der Waals surface area (Å²) >= 11 is 2.82. The third kappa shape index (κ3) is 4.10. The molecular formula is C19H19N3O4S2. The smallest absolute Gasteiger partial charge is 0.337 e. The lowest BCUT2D eigenvalue weighted by atomic mass is 10.2. The van der Waals surface area contributed by atoms with Gasteiger partial charge in [0, 0.05) is 10.6 Å². The van der Waals surface area contributed by atoms with Crippen molar-refractivity contribution in [3.63, 3.8) is 0 Å². The van der Waals surface area contributed by atoms with Gasteiger partial charge in [0.25, 0.3) is 5.56 Å². The molecule has 3 aromatic rings. The van der Waals surface area contributed by atoms with Gasteiger partial charge < -0.3 is 10.1 Å². The van der Waals surface area contributed by atoms with Crippen LogP contribution in [-0.4, -0.2) is 34.8 Å². The molecule has 0 atom stereocenters. The number of fused-ring (bicyclic) bond motifs is 1. The maximum Gasteiger partial charge on any atom is 0.337 e. The first kappa shape index (κ1) is 20.1. The molecule has 28 heavy (non-hydrogen) atoms. The lowest BCUT2D eigenvalue weighted by Crippen LogP contribution is -2.29.